The molecule has 0 spiro atoms. The summed E-state index contributed by atoms with van der Waals surface area (Å²) >= 11 is 0. The minimum atomic E-state index is -0.931. The van der Waals surface area contributed by atoms with Crippen molar-refractivity contribution in [1.29, 1.82) is 0 Å². The van der Waals surface area contributed by atoms with Crippen LogP contribution in [0.2, 0.25) is 0 Å². The SMILES string of the molecule is CC(C)(C)c1cc(CCC(=O)NNC(=O)c2cc([N+](=O)[O-])cc([N+](=O)[O-])c2)cc(C(C)(C)C)c1O. The molecule has 2 amide bonds. The van der Waals surface area contributed by atoms with E-state index in [0.29, 0.717) is 6.42 Å². The van der Waals surface area contributed by atoms with Gasteiger partial charge in [-0.25, -0.2) is 0 Å². The standard InChI is InChI=1S/C24H30N4O7/c1-23(2,3)18-9-14(10-19(21(18)30)24(4,5)6)7-8-20(29)25-26-22(31)15-11-16(27(32)33)13-17(12-15)28(34)35/h9-13,30H,7-8H2,1-6H3,(H,25,29)(H,26,31). The Morgan fingerprint density at radius 1 is 0.829 bits per heavy atom. The van der Waals surface area contributed by atoms with E-state index in [0.717, 1.165) is 34.9 Å². The fourth-order valence-corrected chi connectivity index (χ4v) is 3.44. The fraction of sp³-hybridized carbons (Fsp3) is 0.417. The van der Waals surface area contributed by atoms with Crippen molar-refractivity contribution >= 4 is 23.2 Å². The summed E-state index contributed by atoms with van der Waals surface area (Å²) in [6.07, 6.45) is 0.337. The maximum Gasteiger partial charge on any atom is 0.277 e. The van der Waals surface area contributed by atoms with Gasteiger partial charge in [0.15, 0.2) is 0 Å². The number of phenolic OH excluding ortho intramolecular Hbond substituents is 1. The van der Waals surface area contributed by atoms with Crippen LogP contribution in [0.4, 0.5) is 11.4 Å². The molecule has 0 aliphatic carbocycles. The number of hydrogen-bond acceptors (Lipinski definition) is 7. The molecule has 0 fully saturated rings. The van der Waals surface area contributed by atoms with Crippen LogP contribution < -0.4 is 10.9 Å². The largest absolute Gasteiger partial charge is 0.507 e. The van der Waals surface area contributed by atoms with Gasteiger partial charge >= 0.3 is 0 Å². The number of aromatic hydroxyl groups is 1. The number of phenols is 1. The van der Waals surface area contributed by atoms with Crippen LogP contribution in [0, 0.1) is 20.2 Å². The number of nitro groups is 2. The van der Waals surface area contributed by atoms with Crippen LogP contribution in [-0.2, 0) is 22.0 Å². The van der Waals surface area contributed by atoms with E-state index >= 15 is 0 Å². The molecule has 0 radical (unpaired) electrons. The Kier molecular flexibility index (Phi) is 7.84. The van der Waals surface area contributed by atoms with Crippen LogP contribution in [0.5, 0.6) is 5.75 Å². The molecule has 2 rings (SSSR count). The first-order valence-electron chi connectivity index (χ1n) is 10.9. The first kappa shape index (κ1) is 27.2. The Labute approximate surface area is 202 Å². The smallest absolute Gasteiger partial charge is 0.277 e. The second-order valence-electron chi connectivity index (χ2n) is 10.3. The summed E-state index contributed by atoms with van der Waals surface area (Å²) in [5.41, 5.74) is 4.50. The first-order valence-corrected chi connectivity index (χ1v) is 10.9. The van der Waals surface area contributed by atoms with E-state index in [2.05, 4.69) is 10.9 Å². The number of benzene rings is 2. The van der Waals surface area contributed by atoms with E-state index in [-0.39, 0.29) is 28.6 Å². The Bertz CT molecular complexity index is 1110. The van der Waals surface area contributed by atoms with Gasteiger partial charge < -0.3 is 5.11 Å². The lowest BCUT2D eigenvalue weighted by atomic mass is 9.78. The van der Waals surface area contributed by atoms with Gasteiger partial charge in [-0.15, -0.1) is 0 Å². The third kappa shape index (κ3) is 6.98. The molecule has 35 heavy (non-hydrogen) atoms. The van der Waals surface area contributed by atoms with Gasteiger partial charge in [0.05, 0.1) is 21.5 Å². The monoisotopic (exact) mass is 486 g/mol. The van der Waals surface area contributed by atoms with Crippen LogP contribution in [0.25, 0.3) is 0 Å². The van der Waals surface area contributed by atoms with Crippen LogP contribution >= 0.6 is 0 Å². The molecule has 0 aliphatic rings. The number of nitrogens with one attached hydrogen (secondary N) is 2. The number of amides is 2. The highest BCUT2D eigenvalue weighted by Gasteiger charge is 2.26. The zero-order valence-corrected chi connectivity index (χ0v) is 20.6. The lowest BCUT2D eigenvalue weighted by molar-refractivity contribution is -0.394. The Hall–Kier alpha value is -4.02. The lowest BCUT2D eigenvalue weighted by Gasteiger charge is -2.28. The summed E-state index contributed by atoms with van der Waals surface area (Å²) in [5.74, 6) is -1.22. The van der Waals surface area contributed by atoms with E-state index in [9.17, 15) is 34.9 Å². The zero-order valence-electron chi connectivity index (χ0n) is 20.6. The number of hydrogen-bond donors (Lipinski definition) is 3. The second-order valence-corrected chi connectivity index (χ2v) is 10.3. The van der Waals surface area contributed by atoms with Crippen molar-refractivity contribution in [3.8, 4) is 5.75 Å². The third-order valence-electron chi connectivity index (χ3n) is 5.33. The van der Waals surface area contributed by atoms with Crippen LogP contribution in [-0.4, -0.2) is 26.8 Å². The molecular formula is C24H30N4O7. The van der Waals surface area contributed by atoms with Crippen molar-refractivity contribution in [1.82, 2.24) is 10.9 Å². The first-order chi connectivity index (χ1) is 16.0. The van der Waals surface area contributed by atoms with E-state index in [1.165, 1.54) is 0 Å². The number of aryl methyl sites for hydroxylation is 1. The Morgan fingerprint density at radius 3 is 1.69 bits per heavy atom. The summed E-state index contributed by atoms with van der Waals surface area (Å²) < 4.78 is 0. The van der Waals surface area contributed by atoms with Gasteiger partial charge in [0.2, 0.25) is 5.91 Å². The molecule has 0 heterocycles. The normalized spacial score (nSPS) is 11.6. The summed E-state index contributed by atoms with van der Waals surface area (Å²) in [7, 11) is 0. The average Bonchev–Trinajstić information content (AvgIpc) is 2.74. The summed E-state index contributed by atoms with van der Waals surface area (Å²) in [4.78, 5) is 45.0. The van der Waals surface area contributed by atoms with Crippen molar-refractivity contribution in [3.05, 3.63) is 72.8 Å². The van der Waals surface area contributed by atoms with E-state index in [1.54, 1.807) is 0 Å². The van der Waals surface area contributed by atoms with Crippen molar-refractivity contribution in [2.45, 2.75) is 65.2 Å². The minimum Gasteiger partial charge on any atom is -0.507 e. The van der Waals surface area contributed by atoms with Crippen molar-refractivity contribution in [2.24, 2.45) is 0 Å². The number of rotatable bonds is 6. The van der Waals surface area contributed by atoms with E-state index < -0.39 is 33.0 Å². The number of nitro benzene ring substituents is 2. The van der Waals surface area contributed by atoms with Gasteiger partial charge in [0, 0.05) is 18.6 Å². The molecule has 11 nitrogen and oxygen atoms in total. The third-order valence-corrected chi connectivity index (χ3v) is 5.33. The highest BCUT2D eigenvalue weighted by molar-refractivity contribution is 5.96. The highest BCUT2D eigenvalue weighted by atomic mass is 16.6. The number of hydrazine groups is 1. The van der Waals surface area contributed by atoms with Crippen molar-refractivity contribution in [3.63, 3.8) is 0 Å². The molecule has 188 valence electrons. The van der Waals surface area contributed by atoms with Gasteiger partial charge in [0.25, 0.3) is 17.3 Å². The van der Waals surface area contributed by atoms with Gasteiger partial charge in [-0.2, -0.15) is 0 Å². The van der Waals surface area contributed by atoms with Crippen LogP contribution in [0.3, 0.4) is 0 Å². The molecule has 0 aliphatic heterocycles. The maximum atomic E-state index is 12.3. The van der Waals surface area contributed by atoms with E-state index in [4.69, 9.17) is 0 Å². The van der Waals surface area contributed by atoms with Crippen molar-refractivity contribution < 1.29 is 24.5 Å². The fourth-order valence-electron chi connectivity index (χ4n) is 3.44. The molecule has 0 atom stereocenters. The molecule has 3 N–H and O–H groups in total. The number of non-ortho nitro benzene ring substituents is 2. The van der Waals surface area contributed by atoms with Gasteiger partial charge in [-0.3, -0.25) is 40.7 Å². The van der Waals surface area contributed by atoms with Gasteiger partial charge in [0.1, 0.15) is 5.75 Å². The Morgan fingerprint density at radius 2 is 1.29 bits per heavy atom. The topological polar surface area (TPSA) is 165 Å². The number of carbonyl (C=O) groups excluding carboxylic acids is 2. The molecule has 0 saturated carbocycles. The molecule has 0 bridgehead atoms. The molecule has 2 aromatic carbocycles. The predicted molar refractivity (Wildman–Crippen MR) is 129 cm³/mol. The molecule has 0 unspecified atom stereocenters. The number of carbonyl (C=O) groups is 2. The summed E-state index contributed by atoms with van der Waals surface area (Å²) in [6.45, 7) is 11.9. The van der Waals surface area contributed by atoms with Gasteiger partial charge in [-0.05, 0) is 33.9 Å². The maximum absolute atomic E-state index is 12.3. The lowest BCUT2D eigenvalue weighted by Crippen LogP contribution is -2.41. The second kappa shape index (κ2) is 10.1. The minimum absolute atomic E-state index is 0.00725. The predicted octanol–water partition coefficient (Wildman–Crippen LogP) is 4.20. The molecule has 0 aromatic heterocycles. The molecule has 11 heteroatoms. The molecule has 2 aromatic rings. The van der Waals surface area contributed by atoms with Crippen molar-refractivity contribution in [2.75, 3.05) is 0 Å². The molecule has 0 saturated heterocycles. The van der Waals surface area contributed by atoms with Crippen LogP contribution in [0.1, 0.15) is 75.0 Å². The van der Waals surface area contributed by atoms with E-state index in [1.807, 2.05) is 53.7 Å². The van der Waals surface area contributed by atoms with Crippen LogP contribution in [0.15, 0.2) is 30.3 Å². The highest BCUT2D eigenvalue weighted by Crippen LogP contribution is 2.40. The summed E-state index contributed by atoms with van der Waals surface area (Å²) in [5, 5.41) is 32.8. The number of nitrogens with zero attached hydrogens (tertiary/aromatic N) is 2. The molecular weight excluding hydrogens is 456 g/mol. The quantitative estimate of drug-likeness (QED) is 0.406. The zero-order chi connectivity index (χ0) is 26.7. The Balaban J connectivity index is 2.13. The average molecular weight is 487 g/mol. The van der Waals surface area contributed by atoms with Gasteiger partial charge in [-0.1, -0.05) is 53.7 Å². The summed E-state index contributed by atoms with van der Waals surface area (Å²) in [6, 6.07) is 6.22.